The van der Waals surface area contributed by atoms with Crippen molar-refractivity contribution < 1.29 is 19.8 Å². The van der Waals surface area contributed by atoms with E-state index in [9.17, 15) is 15.0 Å². The van der Waals surface area contributed by atoms with Crippen LogP contribution in [0.15, 0.2) is 24.3 Å². The fourth-order valence-corrected chi connectivity index (χ4v) is 6.91. The fourth-order valence-electron chi connectivity index (χ4n) is 6.30. The molecular formula is C24H35IN2O4. The van der Waals surface area contributed by atoms with Crippen molar-refractivity contribution in [2.24, 2.45) is 29.1 Å². The highest BCUT2D eigenvalue weighted by atomic mass is 127. The topological polar surface area (TPSA) is 82.0 Å². The summed E-state index contributed by atoms with van der Waals surface area (Å²) in [5.41, 5.74) is 1.39. The second kappa shape index (κ2) is 8.89. The Morgan fingerprint density at radius 2 is 2.13 bits per heavy atom. The van der Waals surface area contributed by atoms with Crippen LogP contribution in [0.4, 0.5) is 0 Å². The molecule has 3 N–H and O–H groups in total. The largest absolute Gasteiger partial charge is 0.394 e. The van der Waals surface area contributed by atoms with Gasteiger partial charge in [0.25, 0.3) is 0 Å². The molecule has 3 aliphatic carbocycles. The molecule has 1 saturated heterocycles. The number of hydrogen-bond donors (Lipinski definition) is 3. The molecule has 1 unspecified atom stereocenters. The summed E-state index contributed by atoms with van der Waals surface area (Å²) in [6.45, 7) is 8.82. The first-order chi connectivity index (χ1) is 14.6. The lowest BCUT2D eigenvalue weighted by Crippen LogP contribution is -2.62. The van der Waals surface area contributed by atoms with Crippen molar-refractivity contribution in [3.05, 3.63) is 33.4 Å². The van der Waals surface area contributed by atoms with Gasteiger partial charge < -0.3 is 15.5 Å². The van der Waals surface area contributed by atoms with Gasteiger partial charge in [-0.15, -0.1) is 0 Å². The summed E-state index contributed by atoms with van der Waals surface area (Å²) < 4.78 is 1.11. The summed E-state index contributed by atoms with van der Waals surface area (Å²) in [4.78, 5) is 19.6. The van der Waals surface area contributed by atoms with Crippen LogP contribution in [0.3, 0.4) is 0 Å². The second-order valence-electron chi connectivity index (χ2n) is 10.4. The molecular weight excluding hydrogens is 507 g/mol. The minimum atomic E-state index is -0.773. The molecule has 31 heavy (non-hydrogen) atoms. The molecule has 1 aromatic carbocycles. The summed E-state index contributed by atoms with van der Waals surface area (Å²) >= 11 is 2.27. The molecule has 4 fully saturated rings. The highest BCUT2D eigenvalue weighted by Crippen LogP contribution is 2.61. The number of aliphatic hydroxyl groups is 2. The highest BCUT2D eigenvalue weighted by Gasteiger charge is 2.57. The third-order valence-electron chi connectivity index (χ3n) is 8.29. The van der Waals surface area contributed by atoms with E-state index in [2.05, 4.69) is 54.7 Å². The lowest BCUT2D eigenvalue weighted by Gasteiger charge is -2.62. The van der Waals surface area contributed by atoms with Crippen molar-refractivity contribution in [3.8, 4) is 0 Å². The van der Waals surface area contributed by atoms with Crippen LogP contribution >= 0.6 is 22.6 Å². The van der Waals surface area contributed by atoms with Crippen LogP contribution in [0.5, 0.6) is 0 Å². The van der Waals surface area contributed by atoms with Crippen LogP contribution in [0, 0.1) is 32.7 Å². The zero-order valence-electron chi connectivity index (χ0n) is 18.8. The van der Waals surface area contributed by atoms with Gasteiger partial charge in [-0.1, -0.05) is 32.9 Å². The molecule has 1 aromatic rings. The molecule has 1 aliphatic heterocycles. The third kappa shape index (κ3) is 4.28. The SMILES string of the molecule is C[C@@H]1[C@@H](NC(=O)[C@@H]2[C@H]([C@H](C)O)C(CO)ON2Cc2cccc(I)c2)C[C@H]2C[C@@H]1C2(C)C. The minimum Gasteiger partial charge on any atom is -0.394 e. The summed E-state index contributed by atoms with van der Waals surface area (Å²) in [6, 6.07) is 7.56. The predicted octanol–water partition coefficient (Wildman–Crippen LogP) is 2.95. The Kier molecular flexibility index (Phi) is 6.72. The van der Waals surface area contributed by atoms with Gasteiger partial charge in [-0.05, 0) is 83.2 Å². The fraction of sp³-hybridized carbons (Fsp3) is 0.708. The zero-order chi connectivity index (χ0) is 22.5. The van der Waals surface area contributed by atoms with E-state index in [1.165, 1.54) is 6.42 Å². The summed E-state index contributed by atoms with van der Waals surface area (Å²) in [5.74, 6) is 1.12. The van der Waals surface area contributed by atoms with Crippen molar-refractivity contribution in [3.63, 3.8) is 0 Å². The molecule has 2 bridgehead atoms. The zero-order valence-corrected chi connectivity index (χ0v) is 21.0. The number of hydroxylamine groups is 2. The Balaban J connectivity index is 1.53. The molecule has 172 valence electrons. The summed E-state index contributed by atoms with van der Waals surface area (Å²) in [6.07, 6.45) is 0.887. The number of carbonyl (C=O) groups excluding carboxylic acids is 1. The maximum atomic E-state index is 13.6. The summed E-state index contributed by atoms with van der Waals surface area (Å²) in [7, 11) is 0. The number of carbonyl (C=O) groups is 1. The number of fused-ring (bicyclic) bond motifs is 2. The van der Waals surface area contributed by atoms with Gasteiger partial charge in [0.05, 0.1) is 19.3 Å². The monoisotopic (exact) mass is 542 g/mol. The Bertz CT molecular complexity index is 817. The molecule has 5 rings (SSSR count). The predicted molar refractivity (Wildman–Crippen MR) is 127 cm³/mol. The average Bonchev–Trinajstić information content (AvgIpc) is 3.07. The lowest BCUT2D eigenvalue weighted by atomic mass is 9.45. The first kappa shape index (κ1) is 23.4. The number of benzene rings is 1. The van der Waals surface area contributed by atoms with Gasteiger partial charge in [-0.25, -0.2) is 0 Å². The van der Waals surface area contributed by atoms with Gasteiger partial charge in [-0.2, -0.15) is 5.06 Å². The second-order valence-corrected chi connectivity index (χ2v) is 11.6. The van der Waals surface area contributed by atoms with E-state index in [1.54, 1.807) is 12.0 Å². The molecule has 8 atom stereocenters. The average molecular weight is 542 g/mol. The third-order valence-corrected chi connectivity index (χ3v) is 8.96. The van der Waals surface area contributed by atoms with E-state index in [0.29, 0.717) is 29.7 Å². The maximum Gasteiger partial charge on any atom is 0.240 e. The standard InChI is InChI=1S/C24H35IN2O4/c1-13-18-9-16(24(18,3)4)10-19(13)26-23(30)22-21(14(2)29)20(12-28)31-27(22)11-15-6-5-7-17(25)8-15/h5-8,13-14,16,18-22,28-29H,9-12H2,1-4H3,(H,26,30)/t13-,14-,16+,18-,19-,20?,21+,22-/m0/s1. The van der Waals surface area contributed by atoms with E-state index in [1.807, 2.05) is 18.2 Å². The Labute approximate surface area is 198 Å². The van der Waals surface area contributed by atoms with Crippen LogP contribution < -0.4 is 5.32 Å². The number of nitrogens with one attached hydrogen (secondary N) is 1. The molecule has 1 heterocycles. The van der Waals surface area contributed by atoms with Gasteiger partial charge in [0.15, 0.2) is 0 Å². The van der Waals surface area contributed by atoms with Crippen LogP contribution in [-0.2, 0) is 16.2 Å². The molecule has 4 aliphatic rings. The highest BCUT2D eigenvalue weighted by molar-refractivity contribution is 14.1. The van der Waals surface area contributed by atoms with E-state index in [-0.39, 0.29) is 18.6 Å². The molecule has 1 amide bonds. The van der Waals surface area contributed by atoms with Crippen molar-refractivity contribution in [1.29, 1.82) is 0 Å². The van der Waals surface area contributed by atoms with Gasteiger partial charge in [0.1, 0.15) is 12.1 Å². The minimum absolute atomic E-state index is 0.108. The van der Waals surface area contributed by atoms with Crippen LogP contribution in [0.1, 0.15) is 46.1 Å². The Hall–Kier alpha value is -0.740. The number of rotatable bonds is 6. The van der Waals surface area contributed by atoms with E-state index < -0.39 is 24.2 Å². The molecule has 0 aromatic heterocycles. The first-order valence-electron chi connectivity index (χ1n) is 11.4. The molecule has 6 nitrogen and oxygen atoms in total. The van der Waals surface area contributed by atoms with Crippen LogP contribution in [-0.4, -0.2) is 52.1 Å². The van der Waals surface area contributed by atoms with Crippen molar-refractivity contribution >= 4 is 28.5 Å². The van der Waals surface area contributed by atoms with Crippen molar-refractivity contribution in [1.82, 2.24) is 10.4 Å². The number of halogens is 1. The quantitative estimate of drug-likeness (QED) is 0.482. The number of amides is 1. The van der Waals surface area contributed by atoms with Gasteiger partial charge in [0, 0.05) is 15.5 Å². The van der Waals surface area contributed by atoms with Gasteiger partial charge in [0.2, 0.25) is 5.91 Å². The molecule has 7 heteroatoms. The Morgan fingerprint density at radius 1 is 1.39 bits per heavy atom. The van der Waals surface area contributed by atoms with E-state index in [0.717, 1.165) is 15.6 Å². The number of hydrogen-bond acceptors (Lipinski definition) is 5. The number of aliphatic hydroxyl groups excluding tert-OH is 2. The molecule has 3 saturated carbocycles. The smallest absolute Gasteiger partial charge is 0.240 e. The van der Waals surface area contributed by atoms with Crippen LogP contribution in [0.25, 0.3) is 0 Å². The Morgan fingerprint density at radius 3 is 2.71 bits per heavy atom. The van der Waals surface area contributed by atoms with Gasteiger partial charge >= 0.3 is 0 Å². The lowest BCUT2D eigenvalue weighted by molar-refractivity contribution is -0.183. The maximum absolute atomic E-state index is 13.6. The van der Waals surface area contributed by atoms with Crippen LogP contribution in [0.2, 0.25) is 0 Å². The van der Waals surface area contributed by atoms with Crippen molar-refractivity contribution in [2.45, 2.75) is 71.4 Å². The van der Waals surface area contributed by atoms with Crippen molar-refractivity contribution in [2.75, 3.05) is 6.61 Å². The summed E-state index contributed by atoms with van der Waals surface area (Å²) in [5, 5.41) is 25.3. The normalized spacial score (nSPS) is 37.8. The molecule has 0 radical (unpaired) electrons. The first-order valence-corrected chi connectivity index (χ1v) is 12.5. The van der Waals surface area contributed by atoms with E-state index in [4.69, 9.17) is 4.84 Å². The van der Waals surface area contributed by atoms with Gasteiger partial charge in [-0.3, -0.25) is 9.63 Å². The van der Waals surface area contributed by atoms with E-state index >= 15 is 0 Å². The number of nitrogens with zero attached hydrogens (tertiary/aromatic N) is 1. The molecule has 0 spiro atoms.